The molecule has 1 saturated heterocycles. The normalized spacial score (nSPS) is 17.6. The highest BCUT2D eigenvalue weighted by Crippen LogP contribution is 2.14. The highest BCUT2D eigenvalue weighted by molar-refractivity contribution is 5.79. The molecule has 1 heterocycles. The first-order valence-electron chi connectivity index (χ1n) is 9.17. The predicted octanol–water partition coefficient (Wildman–Crippen LogP) is 2.00. The molecule has 140 valence electrons. The minimum atomic E-state index is 0.283. The van der Waals surface area contributed by atoms with Crippen LogP contribution in [0, 0.1) is 0 Å². The number of benzene rings is 1. The third-order valence-corrected chi connectivity index (χ3v) is 4.05. The molecule has 0 bridgehead atoms. The van der Waals surface area contributed by atoms with E-state index in [1.54, 1.807) is 0 Å². The van der Waals surface area contributed by atoms with Gasteiger partial charge in [-0.2, -0.15) is 0 Å². The highest BCUT2D eigenvalue weighted by atomic mass is 16.5. The Morgan fingerprint density at radius 1 is 1.36 bits per heavy atom. The van der Waals surface area contributed by atoms with Crippen molar-refractivity contribution in [2.24, 2.45) is 4.99 Å². The second kappa shape index (κ2) is 10.9. The van der Waals surface area contributed by atoms with Gasteiger partial charge < -0.3 is 25.0 Å². The van der Waals surface area contributed by atoms with Gasteiger partial charge in [0.15, 0.2) is 5.96 Å². The Labute approximate surface area is 151 Å². The summed E-state index contributed by atoms with van der Waals surface area (Å²) in [5.41, 5.74) is 2.40. The smallest absolute Gasteiger partial charge is 0.191 e. The molecule has 0 radical (unpaired) electrons. The molecule has 1 aromatic carbocycles. The zero-order valence-electron chi connectivity index (χ0n) is 15.8. The lowest BCUT2D eigenvalue weighted by molar-refractivity contribution is 0.0420. The standard InChI is InChI=1S/C19H32N4O2/c1-4-20-19(21-10-6-11-25-18-9-12-24-15-18)22-14-16-7-5-8-17(13-16)23(2)3/h5,7-8,13,18H,4,6,9-12,14-15H2,1-3H3,(H2,20,21,22). The van der Waals surface area contributed by atoms with Crippen LogP contribution in [0.5, 0.6) is 0 Å². The monoisotopic (exact) mass is 348 g/mol. The minimum Gasteiger partial charge on any atom is -0.379 e. The van der Waals surface area contributed by atoms with Crippen LogP contribution in [0.25, 0.3) is 0 Å². The number of anilines is 1. The SMILES string of the molecule is CCNC(=NCc1cccc(N(C)C)c1)NCCCOC1CCOC1. The molecule has 1 atom stereocenters. The second-order valence-electron chi connectivity index (χ2n) is 6.40. The zero-order chi connectivity index (χ0) is 17.9. The van der Waals surface area contributed by atoms with Crippen molar-refractivity contribution in [2.75, 3.05) is 51.9 Å². The van der Waals surface area contributed by atoms with Gasteiger partial charge in [-0.25, -0.2) is 4.99 Å². The molecule has 6 nitrogen and oxygen atoms in total. The summed E-state index contributed by atoms with van der Waals surface area (Å²) < 4.78 is 11.1. The van der Waals surface area contributed by atoms with Crippen molar-refractivity contribution in [3.05, 3.63) is 29.8 Å². The molecule has 1 aliphatic rings. The van der Waals surface area contributed by atoms with Crippen molar-refractivity contribution < 1.29 is 9.47 Å². The van der Waals surface area contributed by atoms with Gasteiger partial charge in [-0.05, 0) is 37.5 Å². The summed E-state index contributed by atoms with van der Waals surface area (Å²) in [6.45, 7) is 6.75. The van der Waals surface area contributed by atoms with Crippen molar-refractivity contribution in [3.8, 4) is 0 Å². The number of ether oxygens (including phenoxy) is 2. The average molecular weight is 348 g/mol. The fraction of sp³-hybridized carbons (Fsp3) is 0.632. The maximum absolute atomic E-state index is 5.78. The quantitative estimate of drug-likeness (QED) is 0.406. The van der Waals surface area contributed by atoms with Crippen LogP contribution in [-0.4, -0.2) is 59.1 Å². The first-order valence-corrected chi connectivity index (χ1v) is 9.17. The number of hydrogen-bond donors (Lipinski definition) is 2. The summed E-state index contributed by atoms with van der Waals surface area (Å²) in [7, 11) is 4.10. The zero-order valence-corrected chi connectivity index (χ0v) is 15.8. The van der Waals surface area contributed by atoms with Gasteiger partial charge in [0.1, 0.15) is 0 Å². The summed E-state index contributed by atoms with van der Waals surface area (Å²) in [6.07, 6.45) is 2.26. The minimum absolute atomic E-state index is 0.283. The Hall–Kier alpha value is -1.79. The van der Waals surface area contributed by atoms with Crippen LogP contribution in [0.2, 0.25) is 0 Å². The van der Waals surface area contributed by atoms with Crippen molar-refractivity contribution in [1.82, 2.24) is 10.6 Å². The van der Waals surface area contributed by atoms with Crippen LogP contribution in [0.4, 0.5) is 5.69 Å². The van der Waals surface area contributed by atoms with Crippen LogP contribution >= 0.6 is 0 Å². The Balaban J connectivity index is 1.74. The maximum atomic E-state index is 5.78. The van der Waals surface area contributed by atoms with Crippen molar-refractivity contribution in [2.45, 2.75) is 32.4 Å². The van der Waals surface area contributed by atoms with Crippen LogP contribution in [0.1, 0.15) is 25.3 Å². The van der Waals surface area contributed by atoms with Gasteiger partial charge in [-0.1, -0.05) is 12.1 Å². The molecule has 1 aromatic rings. The molecule has 2 N–H and O–H groups in total. The number of rotatable bonds is 9. The molecule has 0 amide bonds. The fourth-order valence-corrected chi connectivity index (χ4v) is 2.62. The van der Waals surface area contributed by atoms with E-state index in [2.05, 4.69) is 51.7 Å². The molecule has 0 saturated carbocycles. The van der Waals surface area contributed by atoms with Crippen molar-refractivity contribution >= 4 is 11.6 Å². The Kier molecular flexibility index (Phi) is 8.55. The van der Waals surface area contributed by atoms with Crippen LogP contribution in [-0.2, 0) is 16.0 Å². The Morgan fingerprint density at radius 3 is 2.96 bits per heavy atom. The van der Waals surface area contributed by atoms with Gasteiger partial charge in [-0.15, -0.1) is 0 Å². The molecule has 0 aromatic heterocycles. The topological polar surface area (TPSA) is 58.1 Å². The Morgan fingerprint density at radius 2 is 2.24 bits per heavy atom. The summed E-state index contributed by atoms with van der Waals surface area (Å²) in [5.74, 6) is 0.849. The number of nitrogens with zero attached hydrogens (tertiary/aromatic N) is 2. The summed E-state index contributed by atoms with van der Waals surface area (Å²) >= 11 is 0. The van der Waals surface area contributed by atoms with E-state index in [9.17, 15) is 0 Å². The van der Waals surface area contributed by atoms with E-state index in [1.807, 2.05) is 14.1 Å². The third-order valence-electron chi connectivity index (χ3n) is 4.05. The first-order chi connectivity index (χ1) is 12.2. The van der Waals surface area contributed by atoms with Gasteiger partial charge >= 0.3 is 0 Å². The van der Waals surface area contributed by atoms with E-state index < -0.39 is 0 Å². The predicted molar refractivity (Wildman–Crippen MR) is 103 cm³/mol. The number of aliphatic imine (C=N–C) groups is 1. The number of hydrogen-bond acceptors (Lipinski definition) is 4. The number of nitrogens with one attached hydrogen (secondary N) is 2. The molecule has 6 heteroatoms. The molecule has 1 unspecified atom stereocenters. The average Bonchev–Trinajstić information content (AvgIpc) is 3.13. The van der Waals surface area contributed by atoms with Crippen LogP contribution in [0.3, 0.4) is 0 Å². The molecule has 0 aliphatic carbocycles. The summed E-state index contributed by atoms with van der Waals surface area (Å²) in [4.78, 5) is 6.78. The third kappa shape index (κ3) is 7.32. The Bertz CT molecular complexity index is 528. The van der Waals surface area contributed by atoms with Crippen LogP contribution < -0.4 is 15.5 Å². The van der Waals surface area contributed by atoms with Gasteiger partial charge in [0.2, 0.25) is 0 Å². The van der Waals surface area contributed by atoms with E-state index in [1.165, 1.54) is 11.3 Å². The van der Waals surface area contributed by atoms with Gasteiger partial charge in [0, 0.05) is 46.1 Å². The van der Waals surface area contributed by atoms with Crippen molar-refractivity contribution in [1.29, 1.82) is 0 Å². The van der Waals surface area contributed by atoms with E-state index in [0.29, 0.717) is 6.54 Å². The highest BCUT2D eigenvalue weighted by Gasteiger charge is 2.15. The fourth-order valence-electron chi connectivity index (χ4n) is 2.62. The lowest BCUT2D eigenvalue weighted by Gasteiger charge is -2.14. The van der Waals surface area contributed by atoms with Gasteiger partial charge in [0.05, 0.1) is 19.3 Å². The van der Waals surface area contributed by atoms with Gasteiger partial charge in [-0.3, -0.25) is 0 Å². The van der Waals surface area contributed by atoms with E-state index in [4.69, 9.17) is 9.47 Å². The molecule has 0 spiro atoms. The van der Waals surface area contributed by atoms with Crippen LogP contribution in [0.15, 0.2) is 29.3 Å². The van der Waals surface area contributed by atoms with Crippen molar-refractivity contribution in [3.63, 3.8) is 0 Å². The van der Waals surface area contributed by atoms with E-state index >= 15 is 0 Å². The summed E-state index contributed by atoms with van der Waals surface area (Å²) in [5, 5.41) is 6.66. The largest absolute Gasteiger partial charge is 0.379 e. The molecule has 1 aliphatic heterocycles. The molecular weight excluding hydrogens is 316 g/mol. The van der Waals surface area contributed by atoms with Gasteiger partial charge in [0.25, 0.3) is 0 Å². The summed E-state index contributed by atoms with van der Waals surface area (Å²) in [6, 6.07) is 8.46. The maximum Gasteiger partial charge on any atom is 0.191 e. The number of guanidine groups is 1. The molecule has 1 fully saturated rings. The lowest BCUT2D eigenvalue weighted by atomic mass is 10.2. The van der Waals surface area contributed by atoms with E-state index in [0.717, 1.165) is 51.7 Å². The van der Waals surface area contributed by atoms with E-state index in [-0.39, 0.29) is 6.10 Å². The lowest BCUT2D eigenvalue weighted by Crippen LogP contribution is -2.38. The second-order valence-corrected chi connectivity index (χ2v) is 6.40. The molecule has 2 rings (SSSR count). The molecular formula is C19H32N4O2. The first kappa shape index (κ1) is 19.5. The molecule has 25 heavy (non-hydrogen) atoms.